The van der Waals surface area contributed by atoms with Gasteiger partial charge in [0.2, 0.25) is 15.9 Å². The first-order valence-corrected chi connectivity index (χ1v) is 9.40. The number of carbonyl (C=O) groups is 1. The molecule has 0 aliphatic rings. The van der Waals surface area contributed by atoms with Crippen molar-refractivity contribution >= 4 is 27.3 Å². The minimum atomic E-state index is -3.58. The first-order valence-electron chi connectivity index (χ1n) is 7.79. The second-order valence-electron chi connectivity index (χ2n) is 5.62. The van der Waals surface area contributed by atoms with Crippen LogP contribution in [0.4, 0.5) is 11.4 Å². The summed E-state index contributed by atoms with van der Waals surface area (Å²) in [6.07, 6.45) is -0.142. The lowest BCUT2D eigenvalue weighted by Crippen LogP contribution is -2.30. The molecule has 0 aliphatic carbocycles. The van der Waals surface area contributed by atoms with Crippen LogP contribution in [0.1, 0.15) is 12.0 Å². The molecule has 7 heteroatoms. The number of aryl methyl sites for hydroxylation is 1. The molecule has 0 aliphatic heterocycles. The fourth-order valence-electron chi connectivity index (χ4n) is 2.29. The van der Waals surface area contributed by atoms with Crippen molar-refractivity contribution in [2.45, 2.75) is 13.3 Å². The van der Waals surface area contributed by atoms with E-state index in [9.17, 15) is 13.2 Å². The van der Waals surface area contributed by atoms with Crippen LogP contribution in [0.2, 0.25) is 0 Å². The Hall–Kier alpha value is -2.54. The first-order chi connectivity index (χ1) is 11.8. The number of hydrogen-bond acceptors (Lipinski definition) is 4. The molecule has 134 valence electrons. The van der Waals surface area contributed by atoms with Gasteiger partial charge in [0.25, 0.3) is 0 Å². The molecule has 0 saturated carbocycles. The van der Waals surface area contributed by atoms with Crippen LogP contribution < -0.4 is 14.4 Å². The highest BCUT2D eigenvalue weighted by Crippen LogP contribution is 2.25. The van der Waals surface area contributed by atoms with Gasteiger partial charge in [-0.3, -0.25) is 9.10 Å². The van der Waals surface area contributed by atoms with Crippen LogP contribution in [0.3, 0.4) is 0 Å². The summed E-state index contributed by atoms with van der Waals surface area (Å²) in [5, 5.41) is 2.71. The van der Waals surface area contributed by atoms with E-state index in [1.165, 1.54) is 18.5 Å². The highest BCUT2D eigenvalue weighted by molar-refractivity contribution is 7.92. The summed E-state index contributed by atoms with van der Waals surface area (Å²) in [6, 6.07) is 14.1. The summed E-state index contributed by atoms with van der Waals surface area (Å²) < 4.78 is 31.2. The van der Waals surface area contributed by atoms with E-state index in [1.807, 2.05) is 19.1 Å². The van der Waals surface area contributed by atoms with Crippen molar-refractivity contribution in [3.05, 3.63) is 54.1 Å². The Balaban J connectivity index is 2.01. The predicted octanol–water partition coefficient (Wildman–Crippen LogP) is 2.80. The number of ether oxygens (including phenoxy) is 1. The highest BCUT2D eigenvalue weighted by Gasteiger charge is 2.20. The molecule has 0 aromatic heterocycles. The number of para-hydroxylation sites is 1. The second-order valence-corrected chi connectivity index (χ2v) is 7.74. The number of benzene rings is 2. The molecule has 0 atom stereocenters. The van der Waals surface area contributed by atoms with E-state index in [0.717, 1.165) is 5.56 Å². The zero-order valence-electron chi connectivity index (χ0n) is 14.5. The minimum Gasteiger partial charge on any atom is -0.495 e. The summed E-state index contributed by atoms with van der Waals surface area (Å²) in [4.78, 5) is 12.1. The fourth-order valence-corrected chi connectivity index (χ4v) is 3.45. The number of rotatable bonds is 7. The summed E-state index contributed by atoms with van der Waals surface area (Å²) in [7, 11) is -0.591. The molecule has 0 unspecified atom stereocenters. The molecule has 6 nitrogen and oxygen atoms in total. The van der Waals surface area contributed by atoms with Crippen molar-refractivity contribution in [3.63, 3.8) is 0 Å². The van der Waals surface area contributed by atoms with Gasteiger partial charge in [-0.1, -0.05) is 24.3 Å². The average molecular weight is 362 g/mol. The molecular formula is C18H22N2O4S. The molecule has 25 heavy (non-hydrogen) atoms. The van der Waals surface area contributed by atoms with E-state index in [2.05, 4.69) is 5.32 Å². The van der Waals surface area contributed by atoms with Crippen molar-refractivity contribution in [3.8, 4) is 5.75 Å². The third-order valence-electron chi connectivity index (χ3n) is 3.75. The Morgan fingerprint density at radius 1 is 1.16 bits per heavy atom. The summed E-state index contributed by atoms with van der Waals surface area (Å²) in [5.74, 6) is -0.129. The molecule has 0 bridgehead atoms. The lowest BCUT2D eigenvalue weighted by molar-refractivity contribution is -0.115. The Labute approximate surface area is 148 Å². The van der Waals surface area contributed by atoms with Crippen molar-refractivity contribution in [1.29, 1.82) is 0 Å². The number of nitrogens with one attached hydrogen (secondary N) is 1. The van der Waals surface area contributed by atoms with Crippen LogP contribution in [-0.4, -0.2) is 34.2 Å². The van der Waals surface area contributed by atoms with Crippen LogP contribution >= 0.6 is 0 Å². The highest BCUT2D eigenvalue weighted by atomic mass is 32.2. The molecule has 2 aromatic carbocycles. The third-order valence-corrected chi connectivity index (χ3v) is 5.52. The van der Waals surface area contributed by atoms with E-state index >= 15 is 0 Å². The Morgan fingerprint density at radius 3 is 2.48 bits per heavy atom. The third kappa shape index (κ3) is 4.96. The van der Waals surface area contributed by atoms with Gasteiger partial charge >= 0.3 is 0 Å². The molecule has 0 saturated heterocycles. The monoisotopic (exact) mass is 362 g/mol. The van der Waals surface area contributed by atoms with Crippen molar-refractivity contribution < 1.29 is 17.9 Å². The SMILES string of the molecule is COc1ccc(C)cc1NC(=O)CCS(=O)(=O)N(C)c1ccccc1. The molecule has 1 N–H and O–H groups in total. The van der Waals surface area contributed by atoms with Gasteiger partial charge in [-0.25, -0.2) is 8.42 Å². The lowest BCUT2D eigenvalue weighted by Gasteiger charge is -2.19. The van der Waals surface area contributed by atoms with Crippen molar-refractivity contribution in [1.82, 2.24) is 0 Å². The van der Waals surface area contributed by atoms with E-state index in [4.69, 9.17) is 4.74 Å². The normalized spacial score (nSPS) is 11.0. The van der Waals surface area contributed by atoms with Gasteiger partial charge in [0.05, 0.1) is 24.2 Å². The van der Waals surface area contributed by atoms with E-state index < -0.39 is 10.0 Å². The molecule has 0 heterocycles. The van der Waals surface area contributed by atoms with Gasteiger partial charge in [0, 0.05) is 13.5 Å². The van der Waals surface area contributed by atoms with Gasteiger partial charge < -0.3 is 10.1 Å². The average Bonchev–Trinajstić information content (AvgIpc) is 2.60. The molecule has 1 amide bonds. The number of sulfonamides is 1. The smallest absolute Gasteiger partial charge is 0.235 e. The number of hydrogen-bond donors (Lipinski definition) is 1. The number of amides is 1. The first kappa shape index (κ1) is 18.8. The molecule has 0 radical (unpaired) electrons. The summed E-state index contributed by atoms with van der Waals surface area (Å²) in [6.45, 7) is 1.90. The van der Waals surface area contributed by atoms with E-state index in [1.54, 1.807) is 36.4 Å². The van der Waals surface area contributed by atoms with E-state index in [0.29, 0.717) is 17.1 Å². The number of methoxy groups -OCH3 is 1. The van der Waals surface area contributed by atoms with Crippen molar-refractivity contribution in [2.24, 2.45) is 0 Å². The quantitative estimate of drug-likeness (QED) is 0.822. The molecular weight excluding hydrogens is 340 g/mol. The van der Waals surface area contributed by atoms with Crippen molar-refractivity contribution in [2.75, 3.05) is 29.5 Å². The maximum atomic E-state index is 12.4. The van der Waals surface area contributed by atoms with Crippen LogP contribution in [-0.2, 0) is 14.8 Å². The topological polar surface area (TPSA) is 75.7 Å². The van der Waals surface area contributed by atoms with Crippen LogP contribution in [0.25, 0.3) is 0 Å². The summed E-state index contributed by atoms with van der Waals surface area (Å²) >= 11 is 0. The van der Waals surface area contributed by atoms with Crippen LogP contribution in [0.15, 0.2) is 48.5 Å². The Morgan fingerprint density at radius 2 is 1.84 bits per heavy atom. The van der Waals surface area contributed by atoms with E-state index in [-0.39, 0.29) is 18.1 Å². The summed E-state index contributed by atoms with van der Waals surface area (Å²) in [5.41, 5.74) is 2.05. The van der Waals surface area contributed by atoms with Crippen LogP contribution in [0, 0.1) is 6.92 Å². The number of carbonyl (C=O) groups excluding carboxylic acids is 1. The Kier molecular flexibility index (Phi) is 6.03. The van der Waals surface area contributed by atoms with Gasteiger partial charge in [-0.15, -0.1) is 0 Å². The maximum absolute atomic E-state index is 12.4. The largest absolute Gasteiger partial charge is 0.495 e. The Bertz CT molecular complexity index is 835. The van der Waals surface area contributed by atoms with Gasteiger partial charge in [-0.2, -0.15) is 0 Å². The lowest BCUT2D eigenvalue weighted by atomic mass is 10.2. The molecule has 0 fully saturated rings. The molecule has 0 spiro atoms. The van der Waals surface area contributed by atoms with Gasteiger partial charge in [0.15, 0.2) is 0 Å². The number of nitrogens with zero attached hydrogens (tertiary/aromatic N) is 1. The second kappa shape index (κ2) is 8.02. The molecule has 2 aromatic rings. The van der Waals surface area contributed by atoms with Gasteiger partial charge in [0.1, 0.15) is 5.75 Å². The minimum absolute atomic E-state index is 0.142. The van der Waals surface area contributed by atoms with Crippen LogP contribution in [0.5, 0.6) is 5.75 Å². The standard InChI is InChI=1S/C18H22N2O4S/c1-14-9-10-17(24-3)16(13-14)19-18(21)11-12-25(22,23)20(2)15-7-5-4-6-8-15/h4-10,13H,11-12H2,1-3H3,(H,19,21). The van der Waals surface area contributed by atoms with Gasteiger partial charge in [-0.05, 0) is 36.8 Å². The maximum Gasteiger partial charge on any atom is 0.235 e. The molecule has 2 rings (SSSR count). The number of anilines is 2. The fraction of sp³-hybridized carbons (Fsp3) is 0.278. The zero-order chi connectivity index (χ0) is 18.4. The zero-order valence-corrected chi connectivity index (χ0v) is 15.3. The predicted molar refractivity (Wildman–Crippen MR) is 99.6 cm³/mol.